The standard InChI is InChI=1S/C16H10Cl2N2O3S/c1-8-2-5-11(12(6-8)20(22)23)19-16(21)15-14(18)10-4-3-9(17)7-13(10)24-15/h2-7H,1H3,(H,19,21). The number of carbonyl (C=O) groups is 1. The predicted molar refractivity (Wildman–Crippen MR) is 97.6 cm³/mol. The molecule has 1 amide bonds. The van der Waals surface area contributed by atoms with Crippen LogP contribution in [-0.4, -0.2) is 10.8 Å². The Hall–Kier alpha value is -2.15. The Kier molecular flexibility index (Phi) is 4.45. The number of nitrogens with one attached hydrogen (secondary N) is 1. The number of nitro benzene ring substituents is 1. The molecule has 0 saturated heterocycles. The van der Waals surface area contributed by atoms with E-state index in [4.69, 9.17) is 23.2 Å². The molecule has 0 aliphatic carbocycles. The number of benzene rings is 2. The van der Waals surface area contributed by atoms with Gasteiger partial charge >= 0.3 is 0 Å². The molecule has 0 atom stereocenters. The number of hydrogen-bond acceptors (Lipinski definition) is 4. The molecule has 1 aromatic heterocycles. The van der Waals surface area contributed by atoms with Crippen LogP contribution in [0.5, 0.6) is 0 Å². The van der Waals surface area contributed by atoms with Gasteiger partial charge in [-0.2, -0.15) is 0 Å². The number of rotatable bonds is 3. The fourth-order valence-electron chi connectivity index (χ4n) is 2.26. The lowest BCUT2D eigenvalue weighted by molar-refractivity contribution is -0.384. The molecule has 5 nitrogen and oxygen atoms in total. The van der Waals surface area contributed by atoms with Crippen molar-refractivity contribution < 1.29 is 9.72 Å². The number of nitro groups is 1. The molecule has 2 aromatic carbocycles. The third-order valence-corrected chi connectivity index (χ3v) is 5.29. The molecule has 0 aliphatic heterocycles. The van der Waals surface area contributed by atoms with Crippen LogP contribution in [-0.2, 0) is 0 Å². The first-order valence-electron chi connectivity index (χ1n) is 6.81. The summed E-state index contributed by atoms with van der Waals surface area (Å²) in [6.07, 6.45) is 0. The van der Waals surface area contributed by atoms with Crippen molar-refractivity contribution in [2.75, 3.05) is 5.32 Å². The maximum atomic E-state index is 12.5. The van der Waals surface area contributed by atoms with E-state index in [2.05, 4.69) is 5.32 Å². The third kappa shape index (κ3) is 3.08. The fraction of sp³-hybridized carbons (Fsp3) is 0.0625. The number of aryl methyl sites for hydroxylation is 1. The molecule has 0 saturated carbocycles. The Morgan fingerprint density at radius 3 is 2.67 bits per heavy atom. The first kappa shape index (κ1) is 16.7. The SMILES string of the molecule is Cc1ccc(NC(=O)c2sc3cc(Cl)ccc3c2Cl)c([N+](=O)[O-])c1. The smallest absolute Gasteiger partial charge is 0.293 e. The van der Waals surface area contributed by atoms with Gasteiger partial charge in [0.2, 0.25) is 0 Å². The zero-order valence-electron chi connectivity index (χ0n) is 12.3. The molecule has 0 spiro atoms. The van der Waals surface area contributed by atoms with Crippen LogP contribution < -0.4 is 5.32 Å². The molecule has 3 aromatic rings. The molecule has 0 fully saturated rings. The van der Waals surface area contributed by atoms with Crippen LogP contribution in [0, 0.1) is 17.0 Å². The lowest BCUT2D eigenvalue weighted by atomic mass is 10.2. The van der Waals surface area contributed by atoms with Crippen molar-refractivity contribution >= 4 is 61.9 Å². The molecule has 0 bridgehead atoms. The topological polar surface area (TPSA) is 72.2 Å². The molecule has 0 unspecified atom stereocenters. The van der Waals surface area contributed by atoms with Crippen LogP contribution in [0.15, 0.2) is 36.4 Å². The summed E-state index contributed by atoms with van der Waals surface area (Å²) in [5.41, 5.74) is 0.694. The van der Waals surface area contributed by atoms with Gasteiger partial charge in [-0.25, -0.2) is 0 Å². The molecule has 0 radical (unpaired) electrons. The molecule has 0 aliphatic rings. The van der Waals surface area contributed by atoms with Crippen molar-refractivity contribution in [2.45, 2.75) is 6.92 Å². The third-order valence-electron chi connectivity index (χ3n) is 3.40. The normalized spacial score (nSPS) is 10.8. The highest BCUT2D eigenvalue weighted by atomic mass is 35.5. The number of halogens is 2. The van der Waals surface area contributed by atoms with Crippen LogP contribution in [0.4, 0.5) is 11.4 Å². The molecule has 8 heteroatoms. The minimum atomic E-state index is -0.533. The number of fused-ring (bicyclic) bond motifs is 1. The summed E-state index contributed by atoms with van der Waals surface area (Å²) in [7, 11) is 0. The van der Waals surface area contributed by atoms with Gasteiger partial charge in [-0.3, -0.25) is 14.9 Å². The Balaban J connectivity index is 1.99. The Morgan fingerprint density at radius 1 is 1.21 bits per heavy atom. The minimum absolute atomic E-state index is 0.127. The molecule has 24 heavy (non-hydrogen) atoms. The van der Waals surface area contributed by atoms with E-state index < -0.39 is 10.8 Å². The molecule has 3 rings (SSSR count). The highest BCUT2D eigenvalue weighted by Crippen LogP contribution is 2.37. The Bertz CT molecular complexity index is 985. The van der Waals surface area contributed by atoms with Gasteiger partial charge < -0.3 is 5.32 Å². The van der Waals surface area contributed by atoms with Crippen LogP contribution in [0.2, 0.25) is 10.0 Å². The van der Waals surface area contributed by atoms with Crippen molar-refractivity contribution in [3.63, 3.8) is 0 Å². The first-order valence-corrected chi connectivity index (χ1v) is 8.38. The summed E-state index contributed by atoms with van der Waals surface area (Å²) in [6.45, 7) is 1.74. The van der Waals surface area contributed by atoms with Crippen LogP contribution >= 0.6 is 34.5 Å². The average molecular weight is 381 g/mol. The summed E-state index contributed by atoms with van der Waals surface area (Å²) in [4.78, 5) is 23.4. The lowest BCUT2D eigenvalue weighted by Gasteiger charge is -2.06. The van der Waals surface area contributed by atoms with Gasteiger partial charge in [0.1, 0.15) is 10.6 Å². The second-order valence-corrected chi connectivity index (χ2v) is 6.98. The second-order valence-electron chi connectivity index (χ2n) is 5.12. The van der Waals surface area contributed by atoms with Gasteiger partial charge in [0.25, 0.3) is 11.6 Å². The van der Waals surface area contributed by atoms with E-state index in [-0.39, 0.29) is 16.3 Å². The summed E-state index contributed by atoms with van der Waals surface area (Å²) in [6, 6.07) is 9.75. The quantitative estimate of drug-likeness (QED) is 0.469. The van der Waals surface area contributed by atoms with Gasteiger partial charge in [-0.05, 0) is 30.7 Å². The van der Waals surface area contributed by atoms with Crippen molar-refractivity contribution in [3.05, 3.63) is 67.0 Å². The van der Waals surface area contributed by atoms with Crippen molar-refractivity contribution in [3.8, 4) is 0 Å². The number of hydrogen-bond donors (Lipinski definition) is 1. The second kappa shape index (κ2) is 6.39. The summed E-state index contributed by atoms with van der Waals surface area (Å²) < 4.78 is 0.774. The minimum Gasteiger partial charge on any atom is -0.315 e. The van der Waals surface area contributed by atoms with Crippen molar-refractivity contribution in [1.82, 2.24) is 0 Å². The predicted octanol–water partition coefficient (Wildman–Crippen LogP) is 5.68. The van der Waals surface area contributed by atoms with Gasteiger partial charge in [0.15, 0.2) is 0 Å². The molecule has 1 N–H and O–H groups in total. The Labute approximate surface area is 151 Å². The van der Waals surface area contributed by atoms with Gasteiger partial charge in [-0.1, -0.05) is 35.3 Å². The monoisotopic (exact) mass is 380 g/mol. The highest BCUT2D eigenvalue weighted by molar-refractivity contribution is 7.21. The van der Waals surface area contributed by atoms with E-state index in [0.29, 0.717) is 10.0 Å². The van der Waals surface area contributed by atoms with Crippen LogP contribution in [0.3, 0.4) is 0 Å². The lowest BCUT2D eigenvalue weighted by Crippen LogP contribution is -2.12. The first-order chi connectivity index (χ1) is 11.4. The zero-order valence-corrected chi connectivity index (χ0v) is 14.6. The van der Waals surface area contributed by atoms with Crippen molar-refractivity contribution in [2.24, 2.45) is 0 Å². The number of anilines is 1. The van der Waals surface area contributed by atoms with Crippen LogP contribution in [0.1, 0.15) is 15.2 Å². The maximum absolute atomic E-state index is 12.5. The van der Waals surface area contributed by atoms with E-state index >= 15 is 0 Å². The Morgan fingerprint density at radius 2 is 1.96 bits per heavy atom. The number of nitrogens with zero attached hydrogens (tertiary/aromatic N) is 1. The largest absolute Gasteiger partial charge is 0.315 e. The average Bonchev–Trinajstić information content (AvgIpc) is 2.85. The number of thiophene rings is 1. The summed E-state index contributed by atoms with van der Waals surface area (Å²) in [5, 5.41) is 15.3. The van der Waals surface area contributed by atoms with Crippen LogP contribution in [0.25, 0.3) is 10.1 Å². The molecular weight excluding hydrogens is 371 g/mol. The number of amides is 1. The molecule has 1 heterocycles. The maximum Gasteiger partial charge on any atom is 0.293 e. The van der Waals surface area contributed by atoms with Crippen molar-refractivity contribution in [1.29, 1.82) is 0 Å². The van der Waals surface area contributed by atoms with Gasteiger partial charge in [-0.15, -0.1) is 11.3 Å². The van der Waals surface area contributed by atoms with E-state index in [9.17, 15) is 14.9 Å². The highest BCUT2D eigenvalue weighted by Gasteiger charge is 2.21. The molecular formula is C16H10Cl2N2O3S. The van der Waals surface area contributed by atoms with E-state index in [1.165, 1.54) is 23.5 Å². The van der Waals surface area contributed by atoms with Gasteiger partial charge in [0.05, 0.1) is 9.95 Å². The van der Waals surface area contributed by atoms with E-state index in [0.717, 1.165) is 15.6 Å². The van der Waals surface area contributed by atoms with Gasteiger partial charge in [0, 0.05) is 21.2 Å². The summed E-state index contributed by atoms with van der Waals surface area (Å²) in [5.74, 6) is -0.496. The van der Waals surface area contributed by atoms with E-state index in [1.807, 2.05) is 0 Å². The fourth-order valence-corrected chi connectivity index (χ4v) is 3.95. The molecule has 122 valence electrons. The zero-order chi connectivity index (χ0) is 17.4. The van der Waals surface area contributed by atoms with E-state index in [1.54, 1.807) is 31.2 Å². The summed E-state index contributed by atoms with van der Waals surface area (Å²) >= 11 is 13.4. The number of carbonyl (C=O) groups excluding carboxylic acids is 1.